The monoisotopic (exact) mass is 814 g/mol. The standard InChI is InChI=1S/C42H43FN4O12/c1-53-28-15-11-26(12-16-28)42(25-8-5-4-6-9-25,27-13-17-29(54-2)18-14-27)57-24-31-36(34(43)38(59-31)46-21-19-32(48)44-40(46)51)56-23-7-10-30-35(50)37(55-3)39(58-30)47-22-20-33(49)45-41(47)52/h4-22,30-31,34-39,50H,23-24H2,1-3H3,(H,44,48,51)(H,45,49,52)/b10-7-/t30-,31-,34-,35-,36-,37-,38-,39-/m1/s1. The van der Waals surface area contributed by atoms with Crippen molar-refractivity contribution < 1.29 is 42.7 Å². The minimum Gasteiger partial charge on any atom is -0.497 e. The maximum atomic E-state index is 16.7. The average molecular weight is 815 g/mol. The van der Waals surface area contributed by atoms with E-state index in [1.54, 1.807) is 38.5 Å². The topological polar surface area (TPSA) is 195 Å². The number of methoxy groups -OCH3 is 3. The van der Waals surface area contributed by atoms with Crippen LogP contribution >= 0.6 is 0 Å². The molecule has 0 spiro atoms. The van der Waals surface area contributed by atoms with Crippen LogP contribution in [-0.2, 0) is 29.3 Å². The van der Waals surface area contributed by atoms with Crippen LogP contribution in [0.15, 0.2) is 135 Å². The van der Waals surface area contributed by atoms with Gasteiger partial charge in [-0.25, -0.2) is 14.0 Å². The molecule has 2 fully saturated rings. The quantitative estimate of drug-likeness (QED) is 0.104. The third-order valence-electron chi connectivity index (χ3n) is 10.4. The molecule has 17 heteroatoms. The SMILES string of the molecule is COc1ccc(C(OC[C@H]2O[C@@H](n3ccc(=O)[nH]c3=O)[C@H](F)[C@@H]2OC/C=C\[C@H]2O[C@@H](n3ccc(=O)[nH]c3=O)[C@H](OC)[C@@H]2O)(c2ccccc2)c2ccc(OC)cc2)cc1. The summed E-state index contributed by atoms with van der Waals surface area (Å²) in [5.41, 5.74) is -2.02. The summed E-state index contributed by atoms with van der Waals surface area (Å²) in [6.45, 7) is -0.474. The van der Waals surface area contributed by atoms with Gasteiger partial charge in [0.2, 0.25) is 0 Å². The van der Waals surface area contributed by atoms with Crippen LogP contribution in [0.1, 0.15) is 29.1 Å². The Bertz CT molecular complexity index is 2400. The van der Waals surface area contributed by atoms with Crippen LogP contribution in [0.3, 0.4) is 0 Å². The maximum Gasteiger partial charge on any atom is 0.330 e. The number of rotatable bonds is 15. The second-order valence-electron chi connectivity index (χ2n) is 13.8. The molecule has 7 rings (SSSR count). The van der Waals surface area contributed by atoms with Crippen LogP contribution in [-0.4, -0.2) is 95.4 Å². The number of ether oxygens (including phenoxy) is 7. The van der Waals surface area contributed by atoms with Crippen molar-refractivity contribution in [3.8, 4) is 11.5 Å². The number of H-pyrrole nitrogens is 2. The Hall–Kier alpha value is -5.95. The Morgan fingerprint density at radius 2 is 1.27 bits per heavy atom. The van der Waals surface area contributed by atoms with Crippen LogP contribution in [0.4, 0.5) is 4.39 Å². The van der Waals surface area contributed by atoms with E-state index in [1.165, 1.54) is 25.5 Å². The van der Waals surface area contributed by atoms with Gasteiger partial charge in [0, 0.05) is 31.6 Å². The molecule has 4 heterocycles. The summed E-state index contributed by atoms with van der Waals surface area (Å²) < 4.78 is 60.4. The molecule has 0 unspecified atom stereocenters. The molecule has 8 atom stereocenters. The number of hydrogen-bond acceptors (Lipinski definition) is 12. The van der Waals surface area contributed by atoms with Gasteiger partial charge in [-0.05, 0) is 41.0 Å². The second kappa shape index (κ2) is 17.9. The Kier molecular flexibility index (Phi) is 12.5. The largest absolute Gasteiger partial charge is 0.497 e. The van der Waals surface area contributed by atoms with Gasteiger partial charge in [-0.3, -0.25) is 28.7 Å². The molecule has 2 aliphatic heterocycles. The Morgan fingerprint density at radius 1 is 0.729 bits per heavy atom. The zero-order chi connectivity index (χ0) is 41.7. The highest BCUT2D eigenvalue weighted by Crippen LogP contribution is 2.43. The van der Waals surface area contributed by atoms with E-state index in [0.717, 1.165) is 33.0 Å². The third kappa shape index (κ3) is 8.34. The molecule has 3 N–H and O–H groups in total. The van der Waals surface area contributed by atoms with E-state index >= 15 is 4.39 Å². The van der Waals surface area contributed by atoms with Gasteiger partial charge in [0.1, 0.15) is 47.6 Å². The van der Waals surface area contributed by atoms with Gasteiger partial charge in [0.15, 0.2) is 18.6 Å². The summed E-state index contributed by atoms with van der Waals surface area (Å²) in [6, 6.07) is 26.4. The molecule has 2 saturated heterocycles. The summed E-state index contributed by atoms with van der Waals surface area (Å²) in [5.74, 6) is 1.24. The van der Waals surface area contributed by atoms with Crippen molar-refractivity contribution in [3.63, 3.8) is 0 Å². The van der Waals surface area contributed by atoms with E-state index in [2.05, 4.69) is 9.97 Å². The van der Waals surface area contributed by atoms with E-state index in [1.807, 2.05) is 54.6 Å². The minimum atomic E-state index is -1.93. The highest BCUT2D eigenvalue weighted by atomic mass is 19.1. The van der Waals surface area contributed by atoms with Gasteiger partial charge in [-0.15, -0.1) is 0 Å². The second-order valence-corrected chi connectivity index (χ2v) is 13.8. The van der Waals surface area contributed by atoms with Gasteiger partial charge in [0.05, 0.1) is 27.4 Å². The predicted octanol–water partition coefficient (Wildman–Crippen LogP) is 2.56. The Balaban J connectivity index is 1.19. The number of halogens is 1. The molecule has 2 aliphatic rings. The van der Waals surface area contributed by atoms with Crippen LogP contribution in [0.2, 0.25) is 0 Å². The van der Waals surface area contributed by atoms with Gasteiger partial charge in [0.25, 0.3) is 11.1 Å². The van der Waals surface area contributed by atoms with E-state index in [0.29, 0.717) is 22.6 Å². The van der Waals surface area contributed by atoms with E-state index in [9.17, 15) is 24.3 Å². The summed E-state index contributed by atoms with van der Waals surface area (Å²) in [5, 5.41) is 11.0. The summed E-state index contributed by atoms with van der Waals surface area (Å²) in [6.07, 6.45) is -4.78. The highest BCUT2D eigenvalue weighted by molar-refractivity contribution is 5.49. The summed E-state index contributed by atoms with van der Waals surface area (Å²) in [7, 11) is 4.48. The average Bonchev–Trinajstić information content (AvgIpc) is 3.74. The number of aliphatic hydroxyl groups is 1. The van der Waals surface area contributed by atoms with Gasteiger partial charge in [-0.1, -0.05) is 66.7 Å². The number of benzene rings is 3. The zero-order valence-electron chi connectivity index (χ0n) is 32.2. The molecule has 0 bridgehead atoms. The molecule has 2 aromatic heterocycles. The molecule has 0 saturated carbocycles. The van der Waals surface area contributed by atoms with E-state index in [-0.39, 0.29) is 13.2 Å². The van der Waals surface area contributed by atoms with Crippen molar-refractivity contribution in [1.82, 2.24) is 19.1 Å². The van der Waals surface area contributed by atoms with E-state index in [4.69, 9.17) is 33.2 Å². The van der Waals surface area contributed by atoms with Crippen LogP contribution in [0, 0.1) is 0 Å². The number of aromatic nitrogens is 4. The van der Waals surface area contributed by atoms with Gasteiger partial charge in [-0.2, -0.15) is 0 Å². The first kappa shape index (κ1) is 41.2. The lowest BCUT2D eigenvalue weighted by Gasteiger charge is -2.37. The predicted molar refractivity (Wildman–Crippen MR) is 209 cm³/mol. The van der Waals surface area contributed by atoms with Crippen molar-refractivity contribution >= 4 is 0 Å². The molecule has 0 radical (unpaired) electrons. The lowest BCUT2D eigenvalue weighted by atomic mass is 9.80. The molecular weight excluding hydrogens is 771 g/mol. The van der Waals surface area contributed by atoms with Crippen molar-refractivity contribution in [2.45, 2.75) is 54.7 Å². The van der Waals surface area contributed by atoms with Crippen molar-refractivity contribution in [1.29, 1.82) is 0 Å². The number of alkyl halides is 1. The summed E-state index contributed by atoms with van der Waals surface area (Å²) >= 11 is 0. The van der Waals surface area contributed by atoms with Crippen LogP contribution < -0.4 is 32.0 Å². The fraction of sp³-hybridized carbons (Fsp3) is 0.333. The number of hydrogen-bond donors (Lipinski definition) is 3. The number of aliphatic hydroxyl groups excluding tert-OH is 1. The van der Waals surface area contributed by atoms with Gasteiger partial charge < -0.3 is 38.3 Å². The van der Waals surface area contributed by atoms with Crippen LogP contribution in [0.25, 0.3) is 0 Å². The Labute approximate surface area is 335 Å². The highest BCUT2D eigenvalue weighted by Gasteiger charge is 2.49. The number of nitrogens with one attached hydrogen (secondary N) is 2. The first-order valence-electron chi connectivity index (χ1n) is 18.6. The molecule has 5 aromatic rings. The first-order chi connectivity index (χ1) is 28.6. The smallest absolute Gasteiger partial charge is 0.330 e. The number of nitrogens with zero attached hydrogens (tertiary/aromatic N) is 2. The molecule has 310 valence electrons. The molecule has 0 amide bonds. The number of aromatic amines is 2. The lowest BCUT2D eigenvalue weighted by molar-refractivity contribution is -0.102. The minimum absolute atomic E-state index is 0.216. The Morgan fingerprint density at radius 3 is 1.80 bits per heavy atom. The van der Waals surface area contributed by atoms with Gasteiger partial charge >= 0.3 is 11.4 Å². The molecule has 16 nitrogen and oxygen atoms in total. The molecule has 3 aromatic carbocycles. The third-order valence-corrected chi connectivity index (χ3v) is 10.4. The molecule has 0 aliphatic carbocycles. The van der Waals surface area contributed by atoms with Crippen molar-refractivity contribution in [2.24, 2.45) is 0 Å². The van der Waals surface area contributed by atoms with Crippen molar-refractivity contribution in [2.75, 3.05) is 34.5 Å². The fourth-order valence-electron chi connectivity index (χ4n) is 7.46. The van der Waals surface area contributed by atoms with Crippen molar-refractivity contribution in [3.05, 3.63) is 174 Å². The maximum absolute atomic E-state index is 16.7. The molecule has 59 heavy (non-hydrogen) atoms. The van der Waals surface area contributed by atoms with E-state index < -0.39 is 77.2 Å². The normalized spacial score (nSPS) is 24.4. The summed E-state index contributed by atoms with van der Waals surface area (Å²) in [4.78, 5) is 53.2. The zero-order valence-corrected chi connectivity index (χ0v) is 32.2. The lowest BCUT2D eigenvalue weighted by Crippen LogP contribution is -2.40. The fourth-order valence-corrected chi connectivity index (χ4v) is 7.46. The first-order valence-corrected chi connectivity index (χ1v) is 18.6. The molecular formula is C42H43FN4O12. The van der Waals surface area contributed by atoms with Crippen LogP contribution in [0.5, 0.6) is 11.5 Å².